The Labute approximate surface area is 150 Å². The predicted octanol–water partition coefficient (Wildman–Crippen LogP) is 4.65. The first kappa shape index (κ1) is 17.5. The first-order valence-electron chi connectivity index (χ1n) is 9.20. The van der Waals surface area contributed by atoms with E-state index >= 15 is 0 Å². The number of amides is 1. The molecule has 0 aromatic heterocycles. The van der Waals surface area contributed by atoms with Crippen molar-refractivity contribution in [3.63, 3.8) is 0 Å². The molecule has 3 nitrogen and oxygen atoms in total. The number of ether oxygens (including phenoxy) is 1. The number of hydrogen-bond acceptors (Lipinski definition) is 2. The maximum absolute atomic E-state index is 12.8. The van der Waals surface area contributed by atoms with Crippen LogP contribution < -0.4 is 10.1 Å². The molecular weight excluding hydrogens is 310 g/mol. The second-order valence-corrected chi connectivity index (χ2v) is 6.94. The van der Waals surface area contributed by atoms with Crippen LogP contribution in [0.1, 0.15) is 54.5 Å². The molecule has 2 aromatic carbocycles. The fraction of sp³-hybridized carbons (Fsp3) is 0.409. The van der Waals surface area contributed by atoms with E-state index in [4.69, 9.17) is 4.74 Å². The molecule has 0 fully saturated rings. The summed E-state index contributed by atoms with van der Waals surface area (Å²) in [5.41, 5.74) is 4.86. The highest BCUT2D eigenvalue weighted by Gasteiger charge is 2.26. The molecule has 2 aromatic rings. The van der Waals surface area contributed by atoms with Crippen molar-refractivity contribution in [3.05, 3.63) is 64.7 Å². The molecule has 1 amide bonds. The molecule has 0 spiro atoms. The van der Waals surface area contributed by atoms with Gasteiger partial charge < -0.3 is 10.1 Å². The van der Waals surface area contributed by atoms with E-state index in [1.807, 2.05) is 32.0 Å². The molecule has 0 unspecified atom stereocenters. The molecule has 3 rings (SSSR count). The standard InChI is InChI=1S/C22H27NO2/c1-4-20(25-21-13-12-15(2)14-16(21)3)22(24)23-19-11-7-9-17-8-5-6-10-18(17)19/h5-6,8,10,12-14,19-20H,4,7,9,11H2,1-3H3,(H,23,24)/t19-,20-/m1/s1. The van der Waals surface area contributed by atoms with Crippen LogP contribution >= 0.6 is 0 Å². The number of carbonyl (C=O) groups is 1. The number of nitrogens with one attached hydrogen (secondary N) is 1. The Morgan fingerprint density at radius 3 is 2.80 bits per heavy atom. The summed E-state index contributed by atoms with van der Waals surface area (Å²) in [4.78, 5) is 12.8. The number of benzene rings is 2. The van der Waals surface area contributed by atoms with Crippen LogP contribution in [0.25, 0.3) is 0 Å². The Bertz CT molecular complexity index is 753. The third-order valence-electron chi connectivity index (χ3n) is 4.95. The number of aryl methyl sites for hydroxylation is 3. The quantitative estimate of drug-likeness (QED) is 0.862. The molecule has 132 valence electrons. The van der Waals surface area contributed by atoms with E-state index in [2.05, 4.69) is 36.5 Å². The average Bonchev–Trinajstić information content (AvgIpc) is 2.61. The van der Waals surface area contributed by atoms with Crippen LogP contribution in [-0.4, -0.2) is 12.0 Å². The van der Waals surface area contributed by atoms with Crippen LogP contribution in [-0.2, 0) is 11.2 Å². The van der Waals surface area contributed by atoms with Gasteiger partial charge in [0.15, 0.2) is 6.10 Å². The number of hydrogen-bond donors (Lipinski definition) is 1. The minimum Gasteiger partial charge on any atom is -0.480 e. The van der Waals surface area contributed by atoms with E-state index in [0.29, 0.717) is 6.42 Å². The van der Waals surface area contributed by atoms with E-state index in [9.17, 15) is 4.79 Å². The Balaban J connectivity index is 1.71. The van der Waals surface area contributed by atoms with Crippen molar-refractivity contribution < 1.29 is 9.53 Å². The molecule has 0 saturated carbocycles. The number of rotatable bonds is 5. The van der Waals surface area contributed by atoms with Crippen LogP contribution in [0.3, 0.4) is 0 Å². The molecule has 25 heavy (non-hydrogen) atoms. The maximum atomic E-state index is 12.8. The monoisotopic (exact) mass is 337 g/mol. The van der Waals surface area contributed by atoms with Crippen LogP contribution in [0.4, 0.5) is 0 Å². The van der Waals surface area contributed by atoms with Crippen molar-refractivity contribution >= 4 is 5.91 Å². The summed E-state index contributed by atoms with van der Waals surface area (Å²) in [6, 6.07) is 14.6. The van der Waals surface area contributed by atoms with E-state index in [-0.39, 0.29) is 11.9 Å². The van der Waals surface area contributed by atoms with Crippen molar-refractivity contribution in [1.82, 2.24) is 5.32 Å². The highest BCUT2D eigenvalue weighted by Crippen LogP contribution is 2.30. The fourth-order valence-electron chi connectivity index (χ4n) is 3.58. The number of carbonyl (C=O) groups excluding carboxylic acids is 1. The molecule has 3 heteroatoms. The zero-order valence-corrected chi connectivity index (χ0v) is 15.3. The summed E-state index contributed by atoms with van der Waals surface area (Å²) in [5, 5.41) is 3.21. The summed E-state index contributed by atoms with van der Waals surface area (Å²) in [5.74, 6) is 0.765. The molecule has 0 aliphatic heterocycles. The SMILES string of the molecule is CC[C@@H](Oc1ccc(C)cc1C)C(=O)N[C@@H]1CCCc2ccccc21. The zero-order valence-electron chi connectivity index (χ0n) is 15.3. The second kappa shape index (κ2) is 7.73. The van der Waals surface area contributed by atoms with Crippen molar-refractivity contribution in [2.24, 2.45) is 0 Å². The molecule has 2 atom stereocenters. The van der Waals surface area contributed by atoms with Crippen molar-refractivity contribution in [3.8, 4) is 5.75 Å². The van der Waals surface area contributed by atoms with Gasteiger partial charge in [0.1, 0.15) is 5.75 Å². The first-order valence-corrected chi connectivity index (χ1v) is 9.20. The predicted molar refractivity (Wildman–Crippen MR) is 101 cm³/mol. The van der Waals surface area contributed by atoms with E-state index in [1.165, 1.54) is 16.7 Å². The molecule has 0 radical (unpaired) electrons. The minimum absolute atomic E-state index is 0.0239. The number of fused-ring (bicyclic) bond motifs is 1. The average molecular weight is 337 g/mol. The summed E-state index contributed by atoms with van der Waals surface area (Å²) in [7, 11) is 0. The third-order valence-corrected chi connectivity index (χ3v) is 4.95. The molecule has 0 bridgehead atoms. The van der Waals surface area contributed by atoms with E-state index in [0.717, 1.165) is 30.6 Å². The molecule has 0 saturated heterocycles. The fourth-order valence-corrected chi connectivity index (χ4v) is 3.58. The van der Waals surface area contributed by atoms with E-state index < -0.39 is 6.10 Å². The smallest absolute Gasteiger partial charge is 0.261 e. The summed E-state index contributed by atoms with van der Waals surface area (Å²) >= 11 is 0. The van der Waals surface area contributed by atoms with Crippen LogP contribution in [0.15, 0.2) is 42.5 Å². The van der Waals surface area contributed by atoms with Gasteiger partial charge in [0, 0.05) is 0 Å². The maximum Gasteiger partial charge on any atom is 0.261 e. The Morgan fingerprint density at radius 2 is 2.04 bits per heavy atom. The summed E-state index contributed by atoms with van der Waals surface area (Å²) in [6.07, 6.45) is 3.38. The Hall–Kier alpha value is -2.29. The third kappa shape index (κ3) is 4.04. The molecule has 1 N–H and O–H groups in total. The van der Waals surface area contributed by atoms with Gasteiger partial charge in [0.25, 0.3) is 5.91 Å². The Kier molecular flexibility index (Phi) is 5.42. The highest BCUT2D eigenvalue weighted by atomic mass is 16.5. The lowest BCUT2D eigenvalue weighted by Crippen LogP contribution is -2.41. The lowest BCUT2D eigenvalue weighted by molar-refractivity contribution is -0.129. The van der Waals surface area contributed by atoms with Crippen molar-refractivity contribution in [2.45, 2.75) is 58.6 Å². The normalized spacial score (nSPS) is 17.5. The van der Waals surface area contributed by atoms with Crippen LogP contribution in [0.5, 0.6) is 5.75 Å². The van der Waals surface area contributed by atoms with Crippen molar-refractivity contribution in [1.29, 1.82) is 0 Å². The molecular formula is C22H27NO2. The molecule has 0 heterocycles. The lowest BCUT2D eigenvalue weighted by Gasteiger charge is -2.28. The summed E-state index contributed by atoms with van der Waals surface area (Å²) in [6.45, 7) is 6.06. The highest BCUT2D eigenvalue weighted by molar-refractivity contribution is 5.81. The van der Waals surface area contributed by atoms with Gasteiger partial charge in [0.2, 0.25) is 0 Å². The minimum atomic E-state index is -0.463. The molecule has 1 aliphatic rings. The van der Waals surface area contributed by atoms with Gasteiger partial charge in [-0.05, 0) is 62.3 Å². The second-order valence-electron chi connectivity index (χ2n) is 6.94. The van der Waals surface area contributed by atoms with Gasteiger partial charge in [-0.15, -0.1) is 0 Å². The van der Waals surface area contributed by atoms with Gasteiger partial charge in [-0.1, -0.05) is 48.9 Å². The van der Waals surface area contributed by atoms with Gasteiger partial charge in [0.05, 0.1) is 6.04 Å². The van der Waals surface area contributed by atoms with Crippen LogP contribution in [0.2, 0.25) is 0 Å². The van der Waals surface area contributed by atoms with Gasteiger partial charge in [-0.25, -0.2) is 0 Å². The van der Waals surface area contributed by atoms with E-state index in [1.54, 1.807) is 0 Å². The van der Waals surface area contributed by atoms with Gasteiger partial charge in [-0.3, -0.25) is 4.79 Å². The lowest BCUT2D eigenvalue weighted by atomic mass is 9.87. The largest absolute Gasteiger partial charge is 0.480 e. The van der Waals surface area contributed by atoms with Crippen LogP contribution in [0, 0.1) is 13.8 Å². The topological polar surface area (TPSA) is 38.3 Å². The zero-order chi connectivity index (χ0) is 17.8. The van der Waals surface area contributed by atoms with Gasteiger partial charge in [-0.2, -0.15) is 0 Å². The summed E-state index contributed by atoms with van der Waals surface area (Å²) < 4.78 is 6.03. The first-order chi connectivity index (χ1) is 12.1. The van der Waals surface area contributed by atoms with Crippen molar-refractivity contribution in [2.75, 3.05) is 0 Å². The molecule has 1 aliphatic carbocycles. The Morgan fingerprint density at radius 1 is 1.24 bits per heavy atom. The van der Waals surface area contributed by atoms with Gasteiger partial charge >= 0.3 is 0 Å².